The largest absolute Gasteiger partial charge is 0.390 e. The Morgan fingerprint density at radius 2 is 1.70 bits per heavy atom. The molecule has 1 saturated heterocycles. The van der Waals surface area contributed by atoms with Crippen LogP contribution in [-0.4, -0.2) is 44.7 Å². The van der Waals surface area contributed by atoms with Crippen molar-refractivity contribution in [2.75, 3.05) is 13.1 Å². The number of benzene rings is 2. The average Bonchev–Trinajstić information content (AvgIpc) is 3.48. The second kappa shape index (κ2) is 9.96. The van der Waals surface area contributed by atoms with E-state index < -0.39 is 6.10 Å². The first kappa shape index (κ1) is 23.6. The summed E-state index contributed by atoms with van der Waals surface area (Å²) in [5, 5.41) is 14.9. The first-order valence-electron chi connectivity index (χ1n) is 13.0. The van der Waals surface area contributed by atoms with E-state index >= 15 is 0 Å². The van der Waals surface area contributed by atoms with Crippen LogP contribution >= 0.6 is 0 Å². The second-order valence-electron chi connectivity index (χ2n) is 10.2. The zero-order valence-electron chi connectivity index (χ0n) is 20.8. The minimum absolute atomic E-state index is 0.0603. The fraction of sp³-hybridized carbons (Fsp3) is 0.290. The van der Waals surface area contributed by atoms with Gasteiger partial charge in [-0.1, -0.05) is 60.7 Å². The monoisotopic (exact) mass is 492 g/mol. The van der Waals surface area contributed by atoms with Gasteiger partial charge < -0.3 is 15.0 Å². The molecule has 1 amide bonds. The van der Waals surface area contributed by atoms with Crippen LogP contribution in [0.4, 0.5) is 0 Å². The fourth-order valence-corrected chi connectivity index (χ4v) is 6.20. The van der Waals surface area contributed by atoms with Crippen LogP contribution in [0.25, 0.3) is 5.82 Å². The number of nitrogens with zero attached hydrogens (tertiary/aromatic N) is 3. The van der Waals surface area contributed by atoms with Gasteiger partial charge >= 0.3 is 0 Å². The Bertz CT molecular complexity index is 1360. The molecule has 6 nitrogen and oxygen atoms in total. The summed E-state index contributed by atoms with van der Waals surface area (Å²) in [4.78, 5) is 19.9. The second-order valence-corrected chi connectivity index (χ2v) is 10.2. The third-order valence-electron chi connectivity index (χ3n) is 8.10. The highest BCUT2D eigenvalue weighted by Gasteiger charge is 2.52. The van der Waals surface area contributed by atoms with Crippen molar-refractivity contribution in [2.45, 2.75) is 43.4 Å². The lowest BCUT2D eigenvalue weighted by atomic mass is 9.72. The topological polar surface area (TPSA) is 70.4 Å². The van der Waals surface area contributed by atoms with Crippen molar-refractivity contribution < 1.29 is 9.90 Å². The number of pyridine rings is 1. The van der Waals surface area contributed by atoms with Gasteiger partial charge in [-0.3, -0.25) is 9.69 Å². The summed E-state index contributed by atoms with van der Waals surface area (Å²) in [7, 11) is 0. The van der Waals surface area contributed by atoms with Crippen LogP contribution in [0.1, 0.15) is 41.3 Å². The average molecular weight is 493 g/mol. The zero-order chi connectivity index (χ0) is 25.2. The third-order valence-corrected chi connectivity index (χ3v) is 8.10. The summed E-state index contributed by atoms with van der Waals surface area (Å²) < 4.78 is 2.14. The Kier molecular flexibility index (Phi) is 6.37. The van der Waals surface area contributed by atoms with Crippen molar-refractivity contribution in [3.8, 4) is 5.82 Å². The number of nitrogens with one attached hydrogen (secondary N) is 1. The molecule has 2 aromatic heterocycles. The number of hydrogen-bond donors (Lipinski definition) is 2. The number of rotatable bonds is 6. The lowest BCUT2D eigenvalue weighted by Crippen LogP contribution is -2.49. The Morgan fingerprint density at radius 3 is 2.49 bits per heavy atom. The molecule has 1 fully saturated rings. The number of aromatic nitrogens is 2. The lowest BCUT2D eigenvalue weighted by Gasteiger charge is -2.43. The SMILES string of the molecule is O=C(Cc1ccccc1)N[C@@H]1c2ccccc2C2(CCN(Cc3cccn3-c3ccccn3)CC2)[C@H]1O. The van der Waals surface area contributed by atoms with Crippen molar-refractivity contribution in [3.63, 3.8) is 0 Å². The summed E-state index contributed by atoms with van der Waals surface area (Å²) in [6.07, 6.45) is 5.23. The maximum Gasteiger partial charge on any atom is 0.224 e. The van der Waals surface area contributed by atoms with E-state index in [0.717, 1.165) is 49.4 Å². The van der Waals surface area contributed by atoms with Crippen LogP contribution in [0.15, 0.2) is 97.3 Å². The summed E-state index contributed by atoms with van der Waals surface area (Å²) in [5.74, 6) is 0.861. The van der Waals surface area contributed by atoms with E-state index in [-0.39, 0.29) is 17.4 Å². The van der Waals surface area contributed by atoms with E-state index in [0.29, 0.717) is 6.42 Å². The van der Waals surface area contributed by atoms with Gasteiger partial charge in [0.15, 0.2) is 0 Å². The van der Waals surface area contributed by atoms with Gasteiger partial charge in [-0.15, -0.1) is 0 Å². The predicted octanol–water partition coefficient (Wildman–Crippen LogP) is 4.18. The molecule has 0 saturated carbocycles. The number of hydrogen-bond acceptors (Lipinski definition) is 4. The van der Waals surface area contributed by atoms with E-state index in [2.05, 4.69) is 50.2 Å². The van der Waals surface area contributed by atoms with Crippen LogP contribution < -0.4 is 5.32 Å². The van der Waals surface area contributed by atoms with Crippen LogP contribution in [0, 0.1) is 0 Å². The summed E-state index contributed by atoms with van der Waals surface area (Å²) in [6, 6.07) is 27.8. The fourth-order valence-electron chi connectivity index (χ4n) is 6.20. The normalized spacial score (nSPS) is 20.6. The molecule has 6 rings (SSSR count). The van der Waals surface area contributed by atoms with Crippen molar-refractivity contribution in [1.29, 1.82) is 0 Å². The standard InChI is InChI=1S/C31H32N4O2/c36-28(21-23-9-2-1-3-10-23)33-29-25-12-4-5-13-26(25)31(30(29)37)15-19-34(20-16-31)22-24-11-8-18-35(24)27-14-6-7-17-32-27/h1-14,17-18,29-30,37H,15-16,19-22H2,(H,33,36)/t29-,30+/m1/s1. The van der Waals surface area contributed by atoms with E-state index in [1.807, 2.05) is 66.9 Å². The van der Waals surface area contributed by atoms with Gasteiger partial charge in [0.1, 0.15) is 5.82 Å². The zero-order valence-corrected chi connectivity index (χ0v) is 20.8. The molecule has 2 aliphatic rings. The number of amides is 1. The molecule has 2 N–H and O–H groups in total. The van der Waals surface area contributed by atoms with Crippen molar-refractivity contribution in [2.24, 2.45) is 0 Å². The van der Waals surface area contributed by atoms with Crippen molar-refractivity contribution in [3.05, 3.63) is 120 Å². The minimum Gasteiger partial charge on any atom is -0.390 e. The number of aliphatic hydroxyl groups is 1. The van der Waals surface area contributed by atoms with Gasteiger partial charge in [-0.25, -0.2) is 4.98 Å². The molecule has 4 aromatic rings. The summed E-state index contributed by atoms with van der Waals surface area (Å²) >= 11 is 0. The smallest absolute Gasteiger partial charge is 0.224 e. The molecular weight excluding hydrogens is 460 g/mol. The third kappa shape index (κ3) is 4.47. The number of fused-ring (bicyclic) bond motifs is 2. The Balaban J connectivity index is 1.17. The molecule has 37 heavy (non-hydrogen) atoms. The van der Waals surface area contributed by atoms with E-state index in [1.165, 1.54) is 11.3 Å². The van der Waals surface area contributed by atoms with Crippen molar-refractivity contribution >= 4 is 5.91 Å². The van der Waals surface area contributed by atoms with Crippen LogP contribution in [0.2, 0.25) is 0 Å². The van der Waals surface area contributed by atoms with Crippen molar-refractivity contribution in [1.82, 2.24) is 19.8 Å². The van der Waals surface area contributed by atoms with Crippen LogP contribution in [0.5, 0.6) is 0 Å². The maximum absolute atomic E-state index is 12.9. The van der Waals surface area contributed by atoms with E-state index in [4.69, 9.17) is 0 Å². The summed E-state index contributed by atoms with van der Waals surface area (Å²) in [6.45, 7) is 2.58. The maximum atomic E-state index is 12.9. The molecule has 1 spiro atoms. The van der Waals surface area contributed by atoms with Crippen LogP contribution in [-0.2, 0) is 23.2 Å². The van der Waals surface area contributed by atoms with Gasteiger partial charge in [-0.05, 0) is 66.9 Å². The Labute approximate surface area is 217 Å². The number of carbonyl (C=O) groups is 1. The number of carbonyl (C=O) groups excluding carboxylic acids is 1. The van der Waals surface area contributed by atoms with Gasteiger partial charge in [0, 0.05) is 30.0 Å². The highest BCUT2D eigenvalue weighted by Crippen LogP contribution is 2.51. The molecular formula is C31H32N4O2. The molecule has 2 aromatic carbocycles. The molecule has 188 valence electrons. The van der Waals surface area contributed by atoms with Gasteiger partial charge in [0.2, 0.25) is 5.91 Å². The quantitative estimate of drug-likeness (QED) is 0.424. The van der Waals surface area contributed by atoms with E-state index in [9.17, 15) is 9.90 Å². The highest BCUT2D eigenvalue weighted by molar-refractivity contribution is 5.79. The Morgan fingerprint density at radius 1 is 0.946 bits per heavy atom. The lowest BCUT2D eigenvalue weighted by molar-refractivity contribution is -0.122. The molecule has 1 aliphatic heterocycles. The predicted molar refractivity (Wildman–Crippen MR) is 143 cm³/mol. The van der Waals surface area contributed by atoms with Gasteiger partial charge in [0.25, 0.3) is 0 Å². The first-order chi connectivity index (χ1) is 18.1. The molecule has 2 atom stereocenters. The number of aliphatic hydroxyl groups excluding tert-OH is 1. The van der Waals surface area contributed by atoms with Gasteiger partial charge in [-0.2, -0.15) is 0 Å². The number of piperidine rings is 1. The molecule has 1 aliphatic carbocycles. The van der Waals surface area contributed by atoms with Gasteiger partial charge in [0.05, 0.1) is 18.6 Å². The van der Waals surface area contributed by atoms with E-state index in [1.54, 1.807) is 0 Å². The molecule has 3 heterocycles. The molecule has 0 unspecified atom stereocenters. The highest BCUT2D eigenvalue weighted by atomic mass is 16.3. The number of likely N-dealkylation sites (tertiary alicyclic amines) is 1. The minimum atomic E-state index is -0.649. The molecule has 0 radical (unpaired) electrons. The summed E-state index contributed by atoms with van der Waals surface area (Å²) in [5.41, 5.74) is 4.06. The van der Waals surface area contributed by atoms with Crippen LogP contribution in [0.3, 0.4) is 0 Å². The molecule has 0 bridgehead atoms. The first-order valence-corrected chi connectivity index (χ1v) is 13.0. The Hall–Kier alpha value is -3.74. The molecule has 6 heteroatoms.